The van der Waals surface area contributed by atoms with Crippen molar-refractivity contribution in [3.05, 3.63) is 63.6 Å². The molecule has 0 aliphatic carbocycles. The minimum Gasteiger partial charge on any atom is -0.376 e. The van der Waals surface area contributed by atoms with E-state index in [0.717, 1.165) is 35.3 Å². The van der Waals surface area contributed by atoms with Gasteiger partial charge in [-0.2, -0.15) is 0 Å². The van der Waals surface area contributed by atoms with Crippen molar-refractivity contribution in [2.45, 2.75) is 30.6 Å². The Hall–Kier alpha value is -1.67. The third-order valence-corrected chi connectivity index (χ3v) is 6.65. The number of ether oxygens (including phenoxy) is 1. The van der Waals surface area contributed by atoms with E-state index in [9.17, 15) is 4.79 Å². The molecular formula is C21H19BrClN3O2S. The third-order valence-electron chi connectivity index (χ3n) is 4.74. The smallest absolute Gasteiger partial charge is 0.192 e. The predicted octanol–water partition coefficient (Wildman–Crippen LogP) is 5.52. The van der Waals surface area contributed by atoms with Gasteiger partial charge in [0.05, 0.1) is 18.4 Å². The highest BCUT2D eigenvalue weighted by molar-refractivity contribution is 9.10. The summed E-state index contributed by atoms with van der Waals surface area (Å²) in [5.74, 6) is 1.09. The van der Waals surface area contributed by atoms with Crippen LogP contribution in [0.25, 0.3) is 11.4 Å². The van der Waals surface area contributed by atoms with Gasteiger partial charge in [-0.1, -0.05) is 57.5 Å². The lowest BCUT2D eigenvalue weighted by molar-refractivity contribution is 0.0953. The molecule has 4 rings (SSSR count). The van der Waals surface area contributed by atoms with Crippen LogP contribution < -0.4 is 0 Å². The largest absolute Gasteiger partial charge is 0.376 e. The van der Waals surface area contributed by atoms with Crippen molar-refractivity contribution < 1.29 is 9.53 Å². The zero-order valence-corrected chi connectivity index (χ0v) is 18.7. The summed E-state index contributed by atoms with van der Waals surface area (Å²) >= 11 is 10.9. The number of rotatable bonds is 7. The fraction of sp³-hybridized carbons (Fsp3) is 0.286. The normalized spacial score (nSPS) is 16.3. The summed E-state index contributed by atoms with van der Waals surface area (Å²) < 4.78 is 8.67. The lowest BCUT2D eigenvalue weighted by atomic mass is 10.1. The maximum absolute atomic E-state index is 12.7. The maximum atomic E-state index is 12.7. The Bertz CT molecular complexity index is 1000. The van der Waals surface area contributed by atoms with Gasteiger partial charge in [-0.3, -0.25) is 9.36 Å². The highest BCUT2D eigenvalue weighted by atomic mass is 79.9. The second-order valence-electron chi connectivity index (χ2n) is 6.75. The fourth-order valence-corrected chi connectivity index (χ4v) is 4.72. The first-order valence-electron chi connectivity index (χ1n) is 9.33. The van der Waals surface area contributed by atoms with E-state index in [1.807, 2.05) is 48.5 Å². The number of benzene rings is 2. The van der Waals surface area contributed by atoms with Crippen LogP contribution in [-0.2, 0) is 11.3 Å². The van der Waals surface area contributed by atoms with Gasteiger partial charge >= 0.3 is 0 Å². The van der Waals surface area contributed by atoms with Crippen LogP contribution in [0.1, 0.15) is 23.2 Å². The first kappa shape index (κ1) is 20.6. The van der Waals surface area contributed by atoms with Crippen molar-refractivity contribution in [2.75, 3.05) is 12.4 Å². The van der Waals surface area contributed by atoms with Crippen molar-refractivity contribution in [1.29, 1.82) is 0 Å². The zero-order valence-electron chi connectivity index (χ0n) is 15.6. The van der Waals surface area contributed by atoms with E-state index in [0.29, 0.717) is 22.3 Å². The molecule has 1 fully saturated rings. The van der Waals surface area contributed by atoms with Gasteiger partial charge in [0.1, 0.15) is 0 Å². The number of hydrogen-bond acceptors (Lipinski definition) is 5. The third kappa shape index (κ3) is 4.91. The Morgan fingerprint density at radius 2 is 2.00 bits per heavy atom. The highest BCUT2D eigenvalue weighted by Crippen LogP contribution is 2.28. The Kier molecular flexibility index (Phi) is 6.70. The highest BCUT2D eigenvalue weighted by Gasteiger charge is 2.22. The van der Waals surface area contributed by atoms with Crippen LogP contribution in [0, 0.1) is 0 Å². The van der Waals surface area contributed by atoms with Gasteiger partial charge in [0, 0.05) is 27.2 Å². The maximum Gasteiger partial charge on any atom is 0.192 e. The van der Waals surface area contributed by atoms with Crippen LogP contribution in [0.15, 0.2) is 58.2 Å². The predicted molar refractivity (Wildman–Crippen MR) is 119 cm³/mol. The minimum absolute atomic E-state index is 0.0437. The molecule has 3 aromatic rings. The van der Waals surface area contributed by atoms with Gasteiger partial charge < -0.3 is 4.74 Å². The lowest BCUT2D eigenvalue weighted by Crippen LogP contribution is -2.17. The molecule has 1 saturated heterocycles. The average molecular weight is 493 g/mol. The Balaban J connectivity index is 1.57. The van der Waals surface area contributed by atoms with Gasteiger partial charge in [-0.05, 0) is 43.2 Å². The molecule has 2 heterocycles. The van der Waals surface area contributed by atoms with Crippen LogP contribution >= 0.6 is 39.3 Å². The van der Waals surface area contributed by atoms with Crippen molar-refractivity contribution >= 4 is 45.1 Å². The average Bonchev–Trinajstić information content (AvgIpc) is 3.38. The van der Waals surface area contributed by atoms with E-state index >= 15 is 0 Å². The summed E-state index contributed by atoms with van der Waals surface area (Å²) in [6, 6.07) is 15.0. The molecule has 8 heteroatoms. The van der Waals surface area contributed by atoms with Crippen LogP contribution in [-0.4, -0.2) is 39.0 Å². The fourth-order valence-electron chi connectivity index (χ4n) is 3.26. The van der Waals surface area contributed by atoms with Crippen molar-refractivity contribution in [1.82, 2.24) is 14.8 Å². The molecule has 0 N–H and O–H groups in total. The second-order valence-corrected chi connectivity index (χ2v) is 8.98. The Morgan fingerprint density at radius 1 is 1.21 bits per heavy atom. The summed E-state index contributed by atoms with van der Waals surface area (Å²) in [7, 11) is 0. The molecule has 5 nitrogen and oxygen atoms in total. The van der Waals surface area contributed by atoms with Gasteiger partial charge in [-0.15, -0.1) is 10.2 Å². The van der Waals surface area contributed by atoms with E-state index in [1.54, 1.807) is 0 Å². The number of thioether (sulfide) groups is 1. The molecule has 0 spiro atoms. The molecule has 0 radical (unpaired) electrons. The molecular weight excluding hydrogens is 474 g/mol. The van der Waals surface area contributed by atoms with Crippen molar-refractivity contribution in [2.24, 2.45) is 0 Å². The minimum atomic E-state index is 0.0437. The van der Waals surface area contributed by atoms with Gasteiger partial charge in [0.2, 0.25) is 0 Å². The molecule has 1 aliphatic heterocycles. The number of carbonyl (C=O) groups excluding carboxylic acids is 1. The monoisotopic (exact) mass is 491 g/mol. The Morgan fingerprint density at radius 3 is 2.72 bits per heavy atom. The van der Waals surface area contributed by atoms with E-state index in [1.165, 1.54) is 11.8 Å². The molecule has 29 heavy (non-hydrogen) atoms. The van der Waals surface area contributed by atoms with E-state index in [2.05, 4.69) is 30.7 Å². The first-order valence-corrected chi connectivity index (χ1v) is 11.5. The molecule has 0 amide bonds. The van der Waals surface area contributed by atoms with Gasteiger partial charge in [0.25, 0.3) is 0 Å². The van der Waals surface area contributed by atoms with Crippen LogP contribution in [0.4, 0.5) is 0 Å². The van der Waals surface area contributed by atoms with Crippen molar-refractivity contribution in [3.63, 3.8) is 0 Å². The van der Waals surface area contributed by atoms with E-state index in [4.69, 9.17) is 16.3 Å². The first-order chi connectivity index (χ1) is 14.1. The number of Topliss-reactive ketones (excluding diaryl/α,β-unsaturated/α-hetero) is 1. The van der Waals surface area contributed by atoms with Gasteiger partial charge in [0.15, 0.2) is 16.8 Å². The van der Waals surface area contributed by atoms with Crippen LogP contribution in [0.3, 0.4) is 0 Å². The van der Waals surface area contributed by atoms with Crippen molar-refractivity contribution in [3.8, 4) is 11.4 Å². The number of nitrogens with zero attached hydrogens (tertiary/aromatic N) is 3. The van der Waals surface area contributed by atoms with Crippen LogP contribution in [0.5, 0.6) is 0 Å². The molecule has 0 bridgehead atoms. The number of carbonyl (C=O) groups is 1. The number of halogens is 2. The molecule has 2 aromatic carbocycles. The summed E-state index contributed by atoms with van der Waals surface area (Å²) in [5.41, 5.74) is 1.60. The van der Waals surface area contributed by atoms with E-state index < -0.39 is 0 Å². The molecule has 1 atom stereocenters. The zero-order chi connectivity index (χ0) is 20.2. The van der Waals surface area contributed by atoms with Crippen LogP contribution in [0.2, 0.25) is 5.02 Å². The SMILES string of the molecule is O=C(CSc1nnc(-c2ccc(Cl)cc2)n1CC1CCCO1)c1ccccc1Br. The topological polar surface area (TPSA) is 57.0 Å². The second kappa shape index (κ2) is 9.43. The Labute approximate surface area is 186 Å². The molecule has 0 saturated carbocycles. The molecule has 1 aliphatic rings. The summed E-state index contributed by atoms with van der Waals surface area (Å²) in [4.78, 5) is 12.7. The summed E-state index contributed by atoms with van der Waals surface area (Å²) in [6.07, 6.45) is 2.21. The number of aromatic nitrogens is 3. The summed E-state index contributed by atoms with van der Waals surface area (Å²) in [6.45, 7) is 1.45. The number of hydrogen-bond donors (Lipinski definition) is 0. The molecule has 150 valence electrons. The van der Waals surface area contributed by atoms with E-state index in [-0.39, 0.29) is 17.6 Å². The number of ketones is 1. The summed E-state index contributed by atoms with van der Waals surface area (Å²) in [5, 5.41) is 10.2. The molecule has 1 unspecified atom stereocenters. The molecule has 1 aromatic heterocycles. The quantitative estimate of drug-likeness (QED) is 0.321. The lowest BCUT2D eigenvalue weighted by Gasteiger charge is -2.14. The van der Waals surface area contributed by atoms with Gasteiger partial charge in [-0.25, -0.2) is 0 Å². The standard InChI is InChI=1S/C21H19BrClN3O2S/c22-18-6-2-1-5-17(18)19(27)13-29-21-25-24-20(14-7-9-15(23)10-8-14)26(21)12-16-4-3-11-28-16/h1-2,5-10,16H,3-4,11-13H2.